The highest BCUT2D eigenvalue weighted by Crippen LogP contribution is 2.21. The van der Waals surface area contributed by atoms with E-state index in [-0.39, 0.29) is 5.91 Å². The van der Waals surface area contributed by atoms with Gasteiger partial charge >= 0.3 is 0 Å². The summed E-state index contributed by atoms with van der Waals surface area (Å²) in [7, 11) is 1.60. The van der Waals surface area contributed by atoms with Crippen LogP contribution in [0.15, 0.2) is 18.2 Å². The van der Waals surface area contributed by atoms with Gasteiger partial charge in [0.25, 0.3) is 0 Å². The van der Waals surface area contributed by atoms with Crippen LogP contribution in [0.4, 0.5) is 5.69 Å². The number of benzene rings is 1. The first-order valence-corrected chi connectivity index (χ1v) is 4.93. The number of methoxy groups -OCH3 is 1. The molecule has 1 atom stereocenters. The zero-order chi connectivity index (χ0) is 12.1. The van der Waals surface area contributed by atoms with Crippen molar-refractivity contribution in [3.05, 3.63) is 23.8 Å². The summed E-state index contributed by atoms with van der Waals surface area (Å²) < 4.78 is 5.11. The monoisotopic (exact) mass is 218 g/mol. The lowest BCUT2D eigenvalue weighted by Gasteiger charge is -2.09. The number of aryl methyl sites for hydroxylation is 1. The van der Waals surface area contributed by atoms with Gasteiger partial charge in [-0.3, -0.25) is 4.79 Å². The predicted molar refractivity (Wildman–Crippen MR) is 61.1 cm³/mol. The van der Waals surface area contributed by atoms with Crippen LogP contribution in [0.1, 0.15) is 12.5 Å². The SMILES string of the molecule is COc1ccc(NC(=O)C(C)C#N)cc1C. The molecule has 1 unspecified atom stereocenters. The van der Waals surface area contributed by atoms with E-state index in [2.05, 4.69) is 5.32 Å². The van der Waals surface area contributed by atoms with Crippen LogP contribution < -0.4 is 10.1 Å². The summed E-state index contributed by atoms with van der Waals surface area (Å²) in [5.74, 6) is -0.180. The Kier molecular flexibility index (Phi) is 3.90. The summed E-state index contributed by atoms with van der Waals surface area (Å²) in [4.78, 5) is 11.4. The normalized spacial score (nSPS) is 11.4. The van der Waals surface area contributed by atoms with Crippen molar-refractivity contribution in [2.75, 3.05) is 12.4 Å². The van der Waals surface area contributed by atoms with Gasteiger partial charge in [-0.05, 0) is 37.6 Å². The standard InChI is InChI=1S/C12H14N2O2/c1-8-6-10(4-5-11(8)16-3)14-12(15)9(2)7-13/h4-6,9H,1-3H3,(H,14,15). The summed E-state index contributed by atoms with van der Waals surface area (Å²) >= 11 is 0. The number of carbonyl (C=O) groups excluding carboxylic acids is 1. The average molecular weight is 218 g/mol. The lowest BCUT2D eigenvalue weighted by atomic mass is 10.1. The summed E-state index contributed by atoms with van der Waals surface area (Å²) in [5, 5.41) is 11.3. The second kappa shape index (κ2) is 5.17. The highest BCUT2D eigenvalue weighted by atomic mass is 16.5. The fraction of sp³-hybridized carbons (Fsp3) is 0.333. The van der Waals surface area contributed by atoms with Crippen molar-refractivity contribution >= 4 is 11.6 Å². The minimum absolute atomic E-state index is 0.299. The van der Waals surface area contributed by atoms with Crippen LogP contribution in [0.5, 0.6) is 5.75 Å². The van der Waals surface area contributed by atoms with Crippen molar-refractivity contribution in [2.24, 2.45) is 5.92 Å². The number of hydrogen-bond donors (Lipinski definition) is 1. The van der Waals surface area contributed by atoms with Crippen LogP contribution >= 0.6 is 0 Å². The Labute approximate surface area is 94.8 Å². The minimum Gasteiger partial charge on any atom is -0.496 e. The van der Waals surface area contributed by atoms with Crippen molar-refractivity contribution in [3.8, 4) is 11.8 Å². The smallest absolute Gasteiger partial charge is 0.241 e. The molecule has 1 amide bonds. The Morgan fingerprint density at radius 2 is 2.25 bits per heavy atom. The van der Waals surface area contributed by atoms with Gasteiger partial charge in [-0.25, -0.2) is 0 Å². The molecule has 16 heavy (non-hydrogen) atoms. The Morgan fingerprint density at radius 3 is 2.75 bits per heavy atom. The van der Waals surface area contributed by atoms with Gasteiger partial charge in [0.05, 0.1) is 13.2 Å². The van der Waals surface area contributed by atoms with Crippen LogP contribution in [0.3, 0.4) is 0 Å². The van der Waals surface area contributed by atoms with Gasteiger partial charge in [-0.2, -0.15) is 5.26 Å². The van der Waals surface area contributed by atoms with Crippen molar-refractivity contribution in [1.29, 1.82) is 5.26 Å². The van der Waals surface area contributed by atoms with E-state index in [4.69, 9.17) is 10.00 Å². The molecule has 1 aromatic carbocycles. The molecule has 1 aromatic rings. The molecule has 0 aliphatic carbocycles. The van der Waals surface area contributed by atoms with Gasteiger partial charge < -0.3 is 10.1 Å². The molecule has 0 aliphatic heterocycles. The van der Waals surface area contributed by atoms with Crippen molar-refractivity contribution in [2.45, 2.75) is 13.8 Å². The molecular weight excluding hydrogens is 204 g/mol. The highest BCUT2D eigenvalue weighted by molar-refractivity contribution is 5.93. The molecule has 0 heterocycles. The Hall–Kier alpha value is -2.02. The molecule has 1 rings (SSSR count). The number of nitrogens with one attached hydrogen (secondary N) is 1. The number of ether oxygens (including phenoxy) is 1. The van der Waals surface area contributed by atoms with Gasteiger partial charge in [0.2, 0.25) is 5.91 Å². The van der Waals surface area contributed by atoms with E-state index in [1.165, 1.54) is 0 Å². The second-order valence-corrected chi connectivity index (χ2v) is 3.52. The predicted octanol–water partition coefficient (Wildman–Crippen LogP) is 2.10. The molecule has 0 bridgehead atoms. The molecule has 0 spiro atoms. The Bertz CT molecular complexity index is 435. The average Bonchev–Trinajstić information content (AvgIpc) is 2.28. The molecule has 0 aromatic heterocycles. The second-order valence-electron chi connectivity index (χ2n) is 3.52. The molecule has 1 N–H and O–H groups in total. The van der Waals surface area contributed by atoms with E-state index >= 15 is 0 Å². The quantitative estimate of drug-likeness (QED) is 0.845. The van der Waals surface area contributed by atoms with Crippen LogP contribution in [0, 0.1) is 24.2 Å². The van der Waals surface area contributed by atoms with Crippen LogP contribution in [0.2, 0.25) is 0 Å². The maximum absolute atomic E-state index is 11.4. The Morgan fingerprint density at radius 1 is 1.56 bits per heavy atom. The van der Waals surface area contributed by atoms with E-state index in [0.29, 0.717) is 5.69 Å². The lowest BCUT2D eigenvalue weighted by molar-refractivity contribution is -0.117. The van der Waals surface area contributed by atoms with Crippen molar-refractivity contribution in [3.63, 3.8) is 0 Å². The third-order valence-electron chi connectivity index (χ3n) is 2.25. The van der Waals surface area contributed by atoms with Crippen molar-refractivity contribution < 1.29 is 9.53 Å². The number of carbonyl (C=O) groups is 1. The molecule has 4 nitrogen and oxygen atoms in total. The maximum Gasteiger partial charge on any atom is 0.241 e. The third kappa shape index (κ3) is 2.74. The first kappa shape index (κ1) is 12.1. The topological polar surface area (TPSA) is 62.1 Å². The van der Waals surface area contributed by atoms with Crippen LogP contribution in [-0.2, 0) is 4.79 Å². The van der Waals surface area contributed by atoms with E-state index in [1.54, 1.807) is 32.2 Å². The molecule has 4 heteroatoms. The van der Waals surface area contributed by atoms with E-state index in [9.17, 15) is 4.79 Å². The number of nitrogens with zero attached hydrogens (tertiary/aromatic N) is 1. The largest absolute Gasteiger partial charge is 0.496 e. The fourth-order valence-electron chi connectivity index (χ4n) is 1.27. The molecule has 0 saturated heterocycles. The summed E-state index contributed by atoms with van der Waals surface area (Å²) in [5.41, 5.74) is 1.61. The van der Waals surface area contributed by atoms with E-state index in [0.717, 1.165) is 11.3 Å². The van der Waals surface area contributed by atoms with Gasteiger partial charge in [0.1, 0.15) is 11.7 Å². The van der Waals surface area contributed by atoms with E-state index < -0.39 is 5.92 Å². The molecule has 0 radical (unpaired) electrons. The van der Waals surface area contributed by atoms with Gasteiger partial charge in [0.15, 0.2) is 0 Å². The van der Waals surface area contributed by atoms with Gasteiger partial charge in [-0.15, -0.1) is 0 Å². The van der Waals surface area contributed by atoms with Crippen molar-refractivity contribution in [1.82, 2.24) is 0 Å². The third-order valence-corrected chi connectivity index (χ3v) is 2.25. The fourth-order valence-corrected chi connectivity index (χ4v) is 1.27. The van der Waals surface area contributed by atoms with Gasteiger partial charge in [0, 0.05) is 5.69 Å². The summed E-state index contributed by atoms with van der Waals surface area (Å²) in [6.07, 6.45) is 0. The molecule has 84 valence electrons. The lowest BCUT2D eigenvalue weighted by Crippen LogP contribution is -2.18. The van der Waals surface area contributed by atoms with Gasteiger partial charge in [-0.1, -0.05) is 0 Å². The number of anilines is 1. The van der Waals surface area contributed by atoms with E-state index in [1.807, 2.05) is 13.0 Å². The summed E-state index contributed by atoms with van der Waals surface area (Å²) in [6, 6.07) is 7.22. The first-order chi connectivity index (χ1) is 7.58. The zero-order valence-corrected chi connectivity index (χ0v) is 9.57. The number of hydrogen-bond acceptors (Lipinski definition) is 3. The zero-order valence-electron chi connectivity index (χ0n) is 9.57. The minimum atomic E-state index is -0.651. The molecular formula is C12H14N2O2. The summed E-state index contributed by atoms with van der Waals surface area (Å²) in [6.45, 7) is 3.45. The number of rotatable bonds is 3. The maximum atomic E-state index is 11.4. The molecule has 0 saturated carbocycles. The number of amides is 1. The van der Waals surface area contributed by atoms with Crippen LogP contribution in [0.25, 0.3) is 0 Å². The number of nitriles is 1. The Balaban J connectivity index is 2.80. The van der Waals surface area contributed by atoms with Crippen LogP contribution in [-0.4, -0.2) is 13.0 Å². The molecule has 0 fully saturated rings. The first-order valence-electron chi connectivity index (χ1n) is 4.93. The highest BCUT2D eigenvalue weighted by Gasteiger charge is 2.11. The molecule has 0 aliphatic rings.